The van der Waals surface area contributed by atoms with Crippen molar-refractivity contribution in [3.8, 4) is 5.75 Å². The largest absolute Gasteiger partial charge is 0.427 e. The lowest BCUT2D eigenvalue weighted by Gasteiger charge is -2.28. The predicted molar refractivity (Wildman–Crippen MR) is 126 cm³/mol. The van der Waals surface area contributed by atoms with Crippen LogP contribution in [0.3, 0.4) is 0 Å². The van der Waals surface area contributed by atoms with Crippen molar-refractivity contribution in [1.29, 1.82) is 0 Å². The van der Waals surface area contributed by atoms with E-state index in [0.29, 0.717) is 17.0 Å². The third-order valence-corrected chi connectivity index (χ3v) is 5.69. The van der Waals surface area contributed by atoms with Gasteiger partial charge in [0.25, 0.3) is 11.8 Å². The van der Waals surface area contributed by atoms with Crippen LogP contribution >= 0.6 is 0 Å². The average Bonchev–Trinajstić information content (AvgIpc) is 3.12. The number of esters is 1. The fourth-order valence-corrected chi connectivity index (χ4v) is 4.03. The zero-order valence-corrected chi connectivity index (χ0v) is 18.9. The molecule has 3 aromatic carbocycles. The summed E-state index contributed by atoms with van der Waals surface area (Å²) >= 11 is 0. The number of carbonyl (C=O) groups is 4. The molecule has 1 saturated heterocycles. The van der Waals surface area contributed by atoms with Crippen LogP contribution in [0.25, 0.3) is 0 Å². The van der Waals surface area contributed by atoms with Gasteiger partial charge in [-0.05, 0) is 48.4 Å². The number of anilines is 1. The molecule has 172 valence electrons. The average molecular weight is 456 g/mol. The molecule has 4 rings (SSSR count). The standard InChI is InChI=1S/C27H24N2O5/c1-18-8-6-7-11-23(18)26(32)28(17-20-9-4-3-5-10-20)24-16-25(31)29(27(24)33)21-12-14-22(15-13-21)34-19(2)30/h3-15,24H,16-17H2,1-2H3. The number of carbonyl (C=O) groups excluding carboxylic acids is 4. The van der Waals surface area contributed by atoms with Crippen LogP contribution in [-0.4, -0.2) is 34.6 Å². The highest BCUT2D eigenvalue weighted by Crippen LogP contribution is 2.29. The third kappa shape index (κ3) is 4.73. The van der Waals surface area contributed by atoms with Gasteiger partial charge in [-0.15, -0.1) is 0 Å². The van der Waals surface area contributed by atoms with Gasteiger partial charge in [0.2, 0.25) is 5.91 Å². The Morgan fingerprint density at radius 1 is 0.941 bits per heavy atom. The van der Waals surface area contributed by atoms with Gasteiger partial charge in [-0.1, -0.05) is 48.5 Å². The summed E-state index contributed by atoms with van der Waals surface area (Å²) in [5.74, 6) is -1.33. The maximum atomic E-state index is 13.6. The number of ether oxygens (including phenoxy) is 1. The highest BCUT2D eigenvalue weighted by Gasteiger charge is 2.44. The molecule has 0 N–H and O–H groups in total. The Morgan fingerprint density at radius 3 is 2.24 bits per heavy atom. The molecule has 1 fully saturated rings. The summed E-state index contributed by atoms with van der Waals surface area (Å²) in [6.07, 6.45) is -0.116. The van der Waals surface area contributed by atoms with Gasteiger partial charge < -0.3 is 9.64 Å². The highest BCUT2D eigenvalue weighted by molar-refractivity contribution is 6.23. The summed E-state index contributed by atoms with van der Waals surface area (Å²) in [7, 11) is 0. The number of hydrogen-bond acceptors (Lipinski definition) is 5. The lowest BCUT2D eigenvalue weighted by Crippen LogP contribution is -2.45. The Bertz CT molecular complexity index is 1240. The normalized spacial score (nSPS) is 15.4. The minimum absolute atomic E-state index is 0.116. The minimum Gasteiger partial charge on any atom is -0.427 e. The van der Waals surface area contributed by atoms with Crippen molar-refractivity contribution in [1.82, 2.24) is 4.90 Å². The van der Waals surface area contributed by atoms with E-state index in [1.54, 1.807) is 24.3 Å². The molecule has 0 saturated carbocycles. The second-order valence-corrected chi connectivity index (χ2v) is 8.11. The van der Waals surface area contributed by atoms with Gasteiger partial charge in [0.1, 0.15) is 11.8 Å². The predicted octanol–water partition coefficient (Wildman–Crippen LogP) is 3.89. The van der Waals surface area contributed by atoms with Crippen molar-refractivity contribution < 1.29 is 23.9 Å². The molecule has 7 heteroatoms. The number of hydrogen-bond donors (Lipinski definition) is 0. The molecule has 1 aliphatic heterocycles. The van der Waals surface area contributed by atoms with E-state index < -0.39 is 23.8 Å². The molecule has 1 aliphatic rings. The maximum absolute atomic E-state index is 13.6. The van der Waals surface area contributed by atoms with Crippen LogP contribution in [0, 0.1) is 6.92 Å². The molecule has 0 bridgehead atoms. The Balaban J connectivity index is 1.65. The van der Waals surface area contributed by atoms with Crippen LogP contribution in [0.15, 0.2) is 78.9 Å². The molecule has 0 spiro atoms. The molecule has 1 unspecified atom stereocenters. The molecule has 1 atom stereocenters. The lowest BCUT2D eigenvalue weighted by atomic mass is 10.0. The number of benzene rings is 3. The van der Waals surface area contributed by atoms with E-state index in [9.17, 15) is 19.2 Å². The lowest BCUT2D eigenvalue weighted by molar-refractivity contribution is -0.132. The Labute approximate surface area is 197 Å². The molecule has 0 aromatic heterocycles. The van der Waals surface area contributed by atoms with Crippen LogP contribution < -0.4 is 9.64 Å². The zero-order valence-electron chi connectivity index (χ0n) is 18.9. The number of amides is 3. The summed E-state index contributed by atoms with van der Waals surface area (Å²) < 4.78 is 5.02. The molecular weight excluding hydrogens is 432 g/mol. The fourth-order valence-electron chi connectivity index (χ4n) is 4.03. The van der Waals surface area contributed by atoms with Gasteiger partial charge >= 0.3 is 5.97 Å². The molecule has 3 aromatic rings. The quantitative estimate of drug-likeness (QED) is 0.319. The summed E-state index contributed by atoms with van der Waals surface area (Å²) in [6, 6.07) is 21.7. The number of aryl methyl sites for hydroxylation is 1. The Kier molecular flexibility index (Phi) is 6.54. The second kappa shape index (κ2) is 9.70. The van der Waals surface area contributed by atoms with Crippen molar-refractivity contribution in [2.45, 2.75) is 32.9 Å². The summed E-state index contributed by atoms with van der Waals surface area (Å²) in [5.41, 5.74) is 2.49. The smallest absolute Gasteiger partial charge is 0.308 e. The highest BCUT2D eigenvalue weighted by atomic mass is 16.5. The third-order valence-electron chi connectivity index (χ3n) is 5.69. The minimum atomic E-state index is -0.937. The van der Waals surface area contributed by atoms with E-state index in [1.807, 2.05) is 49.4 Å². The van der Waals surface area contributed by atoms with Crippen molar-refractivity contribution in [3.05, 3.63) is 95.6 Å². The molecule has 0 radical (unpaired) electrons. The van der Waals surface area contributed by atoms with Crippen LogP contribution in [0.1, 0.15) is 34.8 Å². The molecule has 0 aliphatic carbocycles. The zero-order chi connectivity index (χ0) is 24.2. The first-order valence-corrected chi connectivity index (χ1v) is 10.9. The van der Waals surface area contributed by atoms with E-state index in [2.05, 4.69) is 0 Å². The number of imide groups is 1. The van der Waals surface area contributed by atoms with Crippen LogP contribution in [0.5, 0.6) is 5.75 Å². The molecule has 7 nitrogen and oxygen atoms in total. The molecule has 3 amide bonds. The van der Waals surface area contributed by atoms with Gasteiger partial charge in [-0.2, -0.15) is 0 Å². The monoisotopic (exact) mass is 456 g/mol. The fraction of sp³-hybridized carbons (Fsp3) is 0.185. The van der Waals surface area contributed by atoms with Crippen LogP contribution in [0.2, 0.25) is 0 Å². The molecule has 1 heterocycles. The molecule has 34 heavy (non-hydrogen) atoms. The first kappa shape index (κ1) is 22.9. The van der Waals surface area contributed by atoms with Gasteiger partial charge in [0.15, 0.2) is 0 Å². The SMILES string of the molecule is CC(=O)Oc1ccc(N2C(=O)CC(N(Cc3ccccc3)C(=O)c3ccccc3C)C2=O)cc1. The molecular formula is C27H24N2O5. The van der Waals surface area contributed by atoms with E-state index in [-0.39, 0.29) is 18.9 Å². The van der Waals surface area contributed by atoms with E-state index in [4.69, 9.17) is 4.74 Å². The van der Waals surface area contributed by atoms with Crippen molar-refractivity contribution >= 4 is 29.4 Å². The van der Waals surface area contributed by atoms with E-state index >= 15 is 0 Å². The van der Waals surface area contributed by atoms with Crippen molar-refractivity contribution in [2.75, 3.05) is 4.90 Å². The Hall–Kier alpha value is -4.26. The van der Waals surface area contributed by atoms with Crippen molar-refractivity contribution in [3.63, 3.8) is 0 Å². The van der Waals surface area contributed by atoms with Gasteiger partial charge in [-0.25, -0.2) is 4.90 Å². The number of nitrogens with zero attached hydrogens (tertiary/aromatic N) is 2. The van der Waals surface area contributed by atoms with Crippen LogP contribution in [0.4, 0.5) is 5.69 Å². The van der Waals surface area contributed by atoms with E-state index in [1.165, 1.54) is 24.0 Å². The van der Waals surface area contributed by atoms with Gasteiger partial charge in [0, 0.05) is 19.0 Å². The maximum Gasteiger partial charge on any atom is 0.308 e. The summed E-state index contributed by atoms with van der Waals surface area (Å²) in [6.45, 7) is 3.32. The topological polar surface area (TPSA) is 84.0 Å². The first-order valence-electron chi connectivity index (χ1n) is 10.9. The number of rotatable bonds is 6. The first-order chi connectivity index (χ1) is 16.3. The van der Waals surface area contributed by atoms with Gasteiger partial charge in [-0.3, -0.25) is 19.2 Å². The second-order valence-electron chi connectivity index (χ2n) is 8.11. The van der Waals surface area contributed by atoms with Crippen LogP contribution in [-0.2, 0) is 20.9 Å². The van der Waals surface area contributed by atoms with E-state index in [0.717, 1.165) is 16.0 Å². The summed E-state index contributed by atoms with van der Waals surface area (Å²) in [5, 5.41) is 0. The van der Waals surface area contributed by atoms with Gasteiger partial charge in [0.05, 0.1) is 12.1 Å². The Morgan fingerprint density at radius 2 is 1.59 bits per heavy atom. The van der Waals surface area contributed by atoms with Crippen molar-refractivity contribution in [2.24, 2.45) is 0 Å². The summed E-state index contributed by atoms with van der Waals surface area (Å²) in [4.78, 5) is 53.7.